The minimum Gasteiger partial charge on any atom is -0.486 e. The van der Waals surface area contributed by atoms with Crippen LogP contribution in [0.3, 0.4) is 0 Å². The molecule has 34 heavy (non-hydrogen) atoms. The highest BCUT2D eigenvalue weighted by Crippen LogP contribution is 2.38. The number of carbonyl (C=O) groups is 1. The molecule has 0 aliphatic carbocycles. The molecule has 2 aliphatic heterocycles. The van der Waals surface area contributed by atoms with Crippen molar-refractivity contribution in [2.45, 2.75) is 23.8 Å². The fourth-order valence-electron chi connectivity index (χ4n) is 4.32. The summed E-state index contributed by atoms with van der Waals surface area (Å²) >= 11 is 0. The van der Waals surface area contributed by atoms with Crippen LogP contribution in [0.1, 0.15) is 34.8 Å². The van der Waals surface area contributed by atoms with E-state index in [9.17, 15) is 17.6 Å². The van der Waals surface area contributed by atoms with Crippen LogP contribution in [0.15, 0.2) is 71.6 Å². The normalized spacial score (nSPS) is 17.4. The third-order valence-corrected chi connectivity index (χ3v) is 7.33. The van der Waals surface area contributed by atoms with Gasteiger partial charge in [0.15, 0.2) is 11.5 Å². The number of amides is 1. The van der Waals surface area contributed by atoms with E-state index in [1.807, 2.05) is 18.2 Å². The molecule has 0 aromatic heterocycles. The summed E-state index contributed by atoms with van der Waals surface area (Å²) in [5, 5.41) is 0. The highest BCUT2D eigenvalue weighted by molar-refractivity contribution is 7.92. The van der Waals surface area contributed by atoms with Crippen LogP contribution in [-0.4, -0.2) is 39.0 Å². The van der Waals surface area contributed by atoms with Crippen molar-refractivity contribution in [3.8, 4) is 11.5 Å². The summed E-state index contributed by atoms with van der Waals surface area (Å²) in [6, 6.07) is 16.5. The van der Waals surface area contributed by atoms with Crippen LogP contribution in [-0.2, 0) is 10.0 Å². The minimum absolute atomic E-state index is 0.0437. The third kappa shape index (κ3) is 4.43. The molecular weight excluding hydrogens is 459 g/mol. The number of halogens is 1. The molecule has 3 aromatic carbocycles. The van der Waals surface area contributed by atoms with Gasteiger partial charge >= 0.3 is 0 Å². The van der Waals surface area contributed by atoms with Crippen molar-refractivity contribution < 1.29 is 27.1 Å². The van der Waals surface area contributed by atoms with Gasteiger partial charge in [0.2, 0.25) is 0 Å². The standard InChI is InChI=1S/C25H23FN2O5S/c26-19-7-9-20(10-8-19)27-34(30,31)21-4-1-3-18(15-21)25(29)28-12-2-5-22(28)17-6-11-23-24(16-17)33-14-13-32-23/h1,3-4,6-11,15-16,22,27H,2,5,12-14H2. The number of hydrogen-bond acceptors (Lipinski definition) is 5. The zero-order valence-corrected chi connectivity index (χ0v) is 19.1. The Morgan fingerprint density at radius 3 is 2.53 bits per heavy atom. The molecule has 1 saturated heterocycles. The Labute approximate surface area is 197 Å². The average Bonchev–Trinajstić information content (AvgIpc) is 3.35. The van der Waals surface area contributed by atoms with Crippen LogP contribution >= 0.6 is 0 Å². The van der Waals surface area contributed by atoms with Crippen molar-refractivity contribution in [1.82, 2.24) is 4.90 Å². The van der Waals surface area contributed by atoms with Crippen molar-refractivity contribution in [3.63, 3.8) is 0 Å². The number of ether oxygens (including phenoxy) is 2. The number of hydrogen-bond donors (Lipinski definition) is 1. The van der Waals surface area contributed by atoms with E-state index in [2.05, 4.69) is 4.72 Å². The lowest BCUT2D eigenvalue weighted by molar-refractivity contribution is 0.0735. The zero-order chi connectivity index (χ0) is 23.7. The van der Waals surface area contributed by atoms with Crippen LogP contribution in [0.25, 0.3) is 0 Å². The lowest BCUT2D eigenvalue weighted by Gasteiger charge is -2.27. The van der Waals surface area contributed by atoms with E-state index in [4.69, 9.17) is 9.47 Å². The maximum Gasteiger partial charge on any atom is 0.261 e. The second kappa shape index (κ2) is 8.98. The van der Waals surface area contributed by atoms with E-state index >= 15 is 0 Å². The van der Waals surface area contributed by atoms with Crippen LogP contribution in [0.2, 0.25) is 0 Å². The van der Waals surface area contributed by atoms with Crippen molar-refractivity contribution in [1.29, 1.82) is 0 Å². The molecular formula is C25H23FN2O5S. The van der Waals surface area contributed by atoms with Gasteiger partial charge in [-0.15, -0.1) is 0 Å². The topological polar surface area (TPSA) is 84.9 Å². The summed E-state index contributed by atoms with van der Waals surface area (Å²) in [4.78, 5) is 15.1. The number of carbonyl (C=O) groups excluding carboxylic acids is 1. The molecule has 2 heterocycles. The number of anilines is 1. The molecule has 3 aromatic rings. The first-order valence-electron chi connectivity index (χ1n) is 11.0. The highest BCUT2D eigenvalue weighted by atomic mass is 32.2. The lowest BCUT2D eigenvalue weighted by atomic mass is 10.0. The summed E-state index contributed by atoms with van der Waals surface area (Å²) in [6.45, 7) is 1.56. The van der Waals surface area contributed by atoms with E-state index in [1.54, 1.807) is 17.0 Å². The highest BCUT2D eigenvalue weighted by Gasteiger charge is 2.32. The maximum atomic E-state index is 13.4. The van der Waals surface area contributed by atoms with E-state index < -0.39 is 15.8 Å². The number of likely N-dealkylation sites (tertiary alicyclic amines) is 1. The molecule has 1 fully saturated rings. The molecule has 2 aliphatic rings. The van der Waals surface area contributed by atoms with Gasteiger partial charge in [-0.05, 0) is 73.0 Å². The van der Waals surface area contributed by atoms with Gasteiger partial charge in [-0.25, -0.2) is 12.8 Å². The molecule has 7 nitrogen and oxygen atoms in total. The summed E-state index contributed by atoms with van der Waals surface area (Å²) in [6.07, 6.45) is 1.64. The van der Waals surface area contributed by atoms with Crippen molar-refractivity contribution in [2.24, 2.45) is 0 Å². The third-order valence-electron chi connectivity index (χ3n) is 5.95. The number of rotatable bonds is 5. The smallest absolute Gasteiger partial charge is 0.261 e. The summed E-state index contributed by atoms with van der Waals surface area (Å²) in [5.74, 6) is 0.658. The van der Waals surface area contributed by atoms with E-state index in [-0.39, 0.29) is 28.1 Å². The van der Waals surface area contributed by atoms with Gasteiger partial charge < -0.3 is 14.4 Å². The molecule has 1 atom stereocenters. The Morgan fingerprint density at radius 2 is 1.74 bits per heavy atom. The molecule has 0 radical (unpaired) electrons. The monoisotopic (exact) mass is 482 g/mol. The minimum atomic E-state index is -3.96. The molecule has 1 N–H and O–H groups in total. The SMILES string of the molecule is O=C(c1cccc(S(=O)(=O)Nc2ccc(F)cc2)c1)N1CCCC1c1ccc2c(c1)OCCO2. The Kier molecular flexibility index (Phi) is 5.87. The largest absolute Gasteiger partial charge is 0.486 e. The van der Waals surface area contributed by atoms with Gasteiger partial charge in [0.25, 0.3) is 15.9 Å². The van der Waals surface area contributed by atoms with E-state index in [0.717, 1.165) is 18.4 Å². The Morgan fingerprint density at radius 1 is 0.971 bits per heavy atom. The van der Waals surface area contributed by atoms with Crippen LogP contribution < -0.4 is 14.2 Å². The summed E-state index contributed by atoms with van der Waals surface area (Å²) in [7, 11) is -3.96. The average molecular weight is 483 g/mol. The zero-order valence-electron chi connectivity index (χ0n) is 18.2. The van der Waals surface area contributed by atoms with Crippen LogP contribution in [0.4, 0.5) is 10.1 Å². The van der Waals surface area contributed by atoms with Crippen LogP contribution in [0.5, 0.6) is 11.5 Å². The maximum absolute atomic E-state index is 13.4. The van der Waals surface area contributed by atoms with Crippen molar-refractivity contribution >= 4 is 21.6 Å². The van der Waals surface area contributed by atoms with Crippen molar-refractivity contribution in [2.75, 3.05) is 24.5 Å². The van der Waals surface area contributed by atoms with Crippen LogP contribution in [0, 0.1) is 5.82 Å². The molecule has 0 spiro atoms. The fourth-order valence-corrected chi connectivity index (χ4v) is 5.42. The Balaban J connectivity index is 1.38. The van der Waals surface area contributed by atoms with Gasteiger partial charge in [0, 0.05) is 17.8 Å². The predicted octanol–water partition coefficient (Wildman–Crippen LogP) is 4.38. The predicted molar refractivity (Wildman–Crippen MR) is 124 cm³/mol. The molecule has 0 saturated carbocycles. The molecule has 5 rings (SSSR count). The van der Waals surface area contributed by atoms with Gasteiger partial charge in [-0.1, -0.05) is 12.1 Å². The summed E-state index contributed by atoms with van der Waals surface area (Å²) in [5.41, 5.74) is 1.47. The number of fused-ring (bicyclic) bond motifs is 1. The first-order valence-corrected chi connectivity index (χ1v) is 12.5. The molecule has 176 valence electrons. The summed E-state index contributed by atoms with van der Waals surface area (Å²) < 4.78 is 52.5. The molecule has 1 amide bonds. The second-order valence-corrected chi connectivity index (χ2v) is 9.88. The quantitative estimate of drug-likeness (QED) is 0.584. The number of sulfonamides is 1. The first-order chi connectivity index (χ1) is 16.4. The number of benzene rings is 3. The van der Waals surface area contributed by atoms with E-state index in [1.165, 1.54) is 36.4 Å². The molecule has 1 unspecified atom stereocenters. The van der Waals surface area contributed by atoms with Gasteiger partial charge in [-0.3, -0.25) is 9.52 Å². The molecule has 0 bridgehead atoms. The number of nitrogens with one attached hydrogen (secondary N) is 1. The second-order valence-electron chi connectivity index (χ2n) is 8.20. The van der Waals surface area contributed by atoms with Gasteiger partial charge in [-0.2, -0.15) is 0 Å². The first kappa shape index (κ1) is 22.2. The Bertz CT molecular complexity index is 1330. The van der Waals surface area contributed by atoms with E-state index in [0.29, 0.717) is 31.3 Å². The fraction of sp³-hybridized carbons (Fsp3) is 0.240. The van der Waals surface area contributed by atoms with Gasteiger partial charge in [0.05, 0.1) is 10.9 Å². The van der Waals surface area contributed by atoms with Crippen molar-refractivity contribution in [3.05, 3.63) is 83.7 Å². The lowest BCUT2D eigenvalue weighted by Crippen LogP contribution is -2.31. The molecule has 9 heteroatoms. The Hall–Kier alpha value is -3.59. The number of nitrogens with zero attached hydrogens (tertiary/aromatic N) is 1. The van der Waals surface area contributed by atoms with Gasteiger partial charge in [0.1, 0.15) is 19.0 Å².